The smallest absolute Gasteiger partial charge is 0.475 e. The Morgan fingerprint density at radius 3 is 1.91 bits per heavy atom. The van der Waals surface area contributed by atoms with E-state index in [2.05, 4.69) is 15.3 Å². The van der Waals surface area contributed by atoms with Crippen LogP contribution in [0.15, 0.2) is 102 Å². The molecule has 3 aromatic carbocycles. The molecule has 2 aliphatic rings. The number of H-pyrrole nitrogens is 1. The van der Waals surface area contributed by atoms with Crippen LogP contribution in [0.3, 0.4) is 0 Å². The fourth-order valence-corrected chi connectivity index (χ4v) is 6.57. The number of aromatic nitrogens is 2. The number of nitrogens with one attached hydrogen (secondary N) is 2. The summed E-state index contributed by atoms with van der Waals surface area (Å²) < 4.78 is 74.9. The molecule has 1 saturated heterocycles. The minimum Gasteiger partial charge on any atom is -0.475 e. The van der Waals surface area contributed by atoms with Gasteiger partial charge in [0.1, 0.15) is 23.7 Å². The summed E-state index contributed by atoms with van der Waals surface area (Å²) in [6.45, 7) is 1.19. The summed E-state index contributed by atoms with van der Waals surface area (Å²) in [5, 5.41) is 17.1. The molecule has 2 atom stereocenters. The minimum absolute atomic E-state index is 0.110. The number of β-lactam (4-membered cyclic amide) rings is 1. The average Bonchev–Trinajstić information content (AvgIpc) is 3.62. The number of nitrogens with two attached hydrogens (primary N) is 1. The minimum atomic E-state index is -5.08. The average molecular weight is 838 g/mol. The molecule has 0 spiro atoms. The van der Waals surface area contributed by atoms with Crippen molar-refractivity contribution in [3.8, 4) is 0 Å². The predicted octanol–water partition coefficient (Wildman–Crippen LogP) is 5.69. The van der Waals surface area contributed by atoms with Gasteiger partial charge in [0.05, 0.1) is 6.20 Å². The molecule has 21 heteroatoms. The zero-order chi connectivity index (χ0) is 42.8. The van der Waals surface area contributed by atoms with Gasteiger partial charge in [-0.25, -0.2) is 19.4 Å². The van der Waals surface area contributed by atoms with Crippen LogP contribution in [-0.4, -0.2) is 91.0 Å². The number of imidazole rings is 1. The Morgan fingerprint density at radius 2 is 1.43 bits per heavy atom. The van der Waals surface area contributed by atoms with Gasteiger partial charge < -0.3 is 35.7 Å². The molecule has 3 heterocycles. The zero-order valence-electron chi connectivity index (χ0n) is 29.9. The number of nitrogens with zero attached hydrogens (tertiary/aromatic N) is 2. The number of esters is 2. The van der Waals surface area contributed by atoms with Crippen LogP contribution in [0.4, 0.5) is 38.0 Å². The van der Waals surface area contributed by atoms with Crippen LogP contribution in [0.1, 0.15) is 35.4 Å². The van der Waals surface area contributed by atoms with Crippen molar-refractivity contribution in [1.29, 1.82) is 0 Å². The van der Waals surface area contributed by atoms with Crippen molar-refractivity contribution in [3.05, 3.63) is 125 Å². The van der Waals surface area contributed by atoms with Gasteiger partial charge in [-0.3, -0.25) is 14.5 Å². The first-order valence-corrected chi connectivity index (χ1v) is 17.7. The third kappa shape index (κ3) is 12.0. The number of amides is 1. The number of ether oxygens (including phenoxy) is 2. The number of carbonyl (C=O) groups excluding carboxylic acids is 3. The highest BCUT2D eigenvalue weighted by atomic mass is 32.2. The van der Waals surface area contributed by atoms with Crippen molar-refractivity contribution in [2.75, 3.05) is 23.4 Å². The molecule has 0 bridgehead atoms. The van der Waals surface area contributed by atoms with Crippen molar-refractivity contribution < 1.29 is 70.0 Å². The molecule has 1 fully saturated rings. The molecule has 6 rings (SSSR count). The second-order valence-corrected chi connectivity index (χ2v) is 13.3. The number of halogens is 6. The fraction of sp³-hybridized carbons (Fsp3) is 0.243. The number of aliphatic carboxylic acids is 2. The molecule has 0 saturated carbocycles. The maximum Gasteiger partial charge on any atom is 0.490 e. The van der Waals surface area contributed by atoms with Crippen molar-refractivity contribution in [2.45, 2.75) is 43.2 Å². The number of aromatic amines is 1. The van der Waals surface area contributed by atoms with Gasteiger partial charge in [-0.1, -0.05) is 72.8 Å². The number of carboxylic acid groups (broad SMARTS) is 2. The van der Waals surface area contributed by atoms with E-state index in [0.717, 1.165) is 22.4 Å². The van der Waals surface area contributed by atoms with E-state index < -0.39 is 48.4 Å². The second-order valence-electron chi connectivity index (χ2n) is 12.2. The van der Waals surface area contributed by atoms with Crippen molar-refractivity contribution >= 4 is 53.2 Å². The first-order valence-electron chi connectivity index (χ1n) is 16.6. The molecule has 1 unspecified atom stereocenters. The highest BCUT2D eigenvalue weighted by molar-refractivity contribution is 8.00. The second kappa shape index (κ2) is 19.1. The topological polar surface area (TPSA) is 214 Å². The maximum atomic E-state index is 13.9. The van der Waals surface area contributed by atoms with E-state index in [-0.39, 0.29) is 23.6 Å². The molecule has 0 aliphatic carbocycles. The van der Waals surface area contributed by atoms with Gasteiger partial charge >= 0.3 is 36.2 Å². The quantitative estimate of drug-likeness (QED) is 0.0562. The first kappa shape index (κ1) is 44.2. The number of alkyl halides is 6. The van der Waals surface area contributed by atoms with E-state index in [0.29, 0.717) is 29.4 Å². The van der Waals surface area contributed by atoms with E-state index in [9.17, 15) is 40.7 Å². The van der Waals surface area contributed by atoms with Crippen LogP contribution in [0.2, 0.25) is 0 Å². The molecule has 308 valence electrons. The van der Waals surface area contributed by atoms with Gasteiger partial charge in [0.2, 0.25) is 5.95 Å². The first-order chi connectivity index (χ1) is 27.3. The highest BCUT2D eigenvalue weighted by Gasteiger charge is 2.54. The van der Waals surface area contributed by atoms with E-state index >= 15 is 0 Å². The Morgan fingerprint density at radius 1 is 0.914 bits per heavy atom. The van der Waals surface area contributed by atoms with E-state index in [1.54, 1.807) is 6.20 Å². The number of thioether (sulfide) groups is 1. The van der Waals surface area contributed by atoms with Crippen LogP contribution in [0, 0.1) is 0 Å². The number of carbonyl (C=O) groups is 5. The van der Waals surface area contributed by atoms with Crippen molar-refractivity contribution in [1.82, 2.24) is 14.9 Å². The lowest BCUT2D eigenvalue weighted by Crippen LogP contribution is -2.68. The summed E-state index contributed by atoms with van der Waals surface area (Å²) in [7, 11) is 0. The lowest BCUT2D eigenvalue weighted by Gasteiger charge is -2.49. The summed E-state index contributed by atoms with van der Waals surface area (Å²) in [5.41, 5.74) is 10.6. The van der Waals surface area contributed by atoms with Gasteiger partial charge in [-0.2, -0.15) is 26.3 Å². The van der Waals surface area contributed by atoms with E-state index in [4.69, 9.17) is 35.0 Å². The largest absolute Gasteiger partial charge is 0.490 e. The number of hydrogen-bond acceptors (Lipinski definition) is 11. The summed E-state index contributed by atoms with van der Waals surface area (Å²) in [5.74, 6) is -6.12. The summed E-state index contributed by atoms with van der Waals surface area (Å²) in [4.78, 5) is 66.1. The number of rotatable bonds is 10. The van der Waals surface area contributed by atoms with E-state index in [1.807, 2.05) is 84.9 Å². The highest BCUT2D eigenvalue weighted by Crippen LogP contribution is 2.42. The molecule has 58 heavy (non-hydrogen) atoms. The number of anilines is 2. The zero-order valence-corrected chi connectivity index (χ0v) is 30.7. The molecule has 6 N–H and O–H groups in total. The fourth-order valence-electron chi connectivity index (χ4n) is 5.24. The molecule has 1 aromatic heterocycles. The molecular weight excluding hydrogens is 804 g/mol. The number of fused-ring (bicyclic) bond motifs is 1. The molecule has 2 aliphatic heterocycles. The monoisotopic (exact) mass is 837 g/mol. The Balaban J connectivity index is 0.000000456. The normalized spacial score (nSPS) is 16.1. The molecule has 14 nitrogen and oxygen atoms in total. The van der Waals surface area contributed by atoms with Crippen molar-refractivity contribution in [3.63, 3.8) is 0 Å². The Kier molecular flexibility index (Phi) is 14.5. The standard InChI is InChI=1S/C33H31N5O5S.2C2HF3O2/c1-20(39)42-18-24-19-44-31-27(37-33-35-17-26(36-33)16-21-12-14-25(34)15-13-21)30(40)38(31)28(24)32(41)43-29(22-8-4-2-5-9-22)23-10-6-3-7-11-23;2*3-2(4,5)1(6)7/h2-15,17,27,29,31H,16,18-19,34H2,1H3,(H2,35,36,37);2*(H,6,7)/t27?,31-;;/m0../s1. The number of nitrogen functional groups attached to an aromatic ring is 1. The summed E-state index contributed by atoms with van der Waals surface area (Å²) in [6, 6.07) is 25.8. The lowest BCUT2D eigenvalue weighted by molar-refractivity contribution is -0.193. The Bertz CT molecular complexity index is 2050. The van der Waals surface area contributed by atoms with Crippen LogP contribution in [-0.2, 0) is 39.9 Å². The van der Waals surface area contributed by atoms with Gasteiger partial charge in [-0.05, 0) is 28.8 Å². The van der Waals surface area contributed by atoms with Crippen molar-refractivity contribution in [2.24, 2.45) is 0 Å². The van der Waals surface area contributed by atoms with Gasteiger partial charge in [0.15, 0.2) is 6.10 Å². The number of benzene rings is 3. The molecule has 4 aromatic rings. The Labute approximate surface area is 329 Å². The third-order valence-corrected chi connectivity index (χ3v) is 9.24. The molecule has 0 radical (unpaired) electrons. The van der Waals surface area contributed by atoms with Crippen LogP contribution in [0.25, 0.3) is 0 Å². The van der Waals surface area contributed by atoms with Crippen LogP contribution in [0.5, 0.6) is 0 Å². The van der Waals surface area contributed by atoms with E-state index in [1.165, 1.54) is 23.6 Å². The summed E-state index contributed by atoms with van der Waals surface area (Å²) >= 11 is 1.48. The maximum absolute atomic E-state index is 13.9. The molecular formula is C37H33F6N5O9S. The number of carboxylic acids is 2. The molecule has 1 amide bonds. The lowest BCUT2D eigenvalue weighted by atomic mass is 10.0. The predicted molar refractivity (Wildman–Crippen MR) is 195 cm³/mol. The third-order valence-electron chi connectivity index (χ3n) is 7.90. The Hall–Kier alpha value is -6.51. The van der Waals surface area contributed by atoms with Gasteiger partial charge in [-0.15, -0.1) is 11.8 Å². The van der Waals surface area contributed by atoms with Gasteiger partial charge in [0, 0.05) is 36.1 Å². The summed E-state index contributed by atoms with van der Waals surface area (Å²) in [6.07, 6.45) is -8.52. The van der Waals surface area contributed by atoms with Crippen LogP contribution < -0.4 is 11.1 Å². The number of hydrogen-bond donors (Lipinski definition) is 5. The SMILES string of the molecule is CC(=O)OCC1=C(C(=O)OC(c2ccccc2)c2ccccc2)N2C(=O)C(Nc3ncc(Cc4ccc(N)cc4)[nH]3)[C@@H]2SC1.O=C(O)C(F)(F)F.O=C(O)C(F)(F)F. The van der Waals surface area contributed by atoms with Crippen LogP contribution >= 0.6 is 11.8 Å². The van der Waals surface area contributed by atoms with Gasteiger partial charge in [0.25, 0.3) is 5.91 Å².